The van der Waals surface area contributed by atoms with Crippen molar-refractivity contribution in [2.75, 3.05) is 0 Å². The zero-order valence-corrected chi connectivity index (χ0v) is 14.3. The van der Waals surface area contributed by atoms with E-state index in [0.717, 1.165) is 43.2 Å². The number of Topliss-reactive ketones (excluding diaryl/α,β-unsaturated/α-hetero) is 1. The maximum Gasteiger partial charge on any atom is 0.165 e. The molecule has 2 nitrogen and oxygen atoms in total. The molecule has 0 aromatic heterocycles. The minimum Gasteiger partial charge on any atom is -0.294 e. The van der Waals surface area contributed by atoms with Gasteiger partial charge in [0, 0.05) is 16.5 Å². The van der Waals surface area contributed by atoms with Crippen LogP contribution in [0.5, 0.6) is 0 Å². The Bertz CT molecular complexity index is 752. The molecule has 0 bridgehead atoms. The highest BCUT2D eigenvalue weighted by Crippen LogP contribution is 2.33. The van der Waals surface area contributed by atoms with Gasteiger partial charge >= 0.3 is 0 Å². The van der Waals surface area contributed by atoms with Gasteiger partial charge in [0.25, 0.3) is 0 Å². The van der Waals surface area contributed by atoms with E-state index >= 15 is 0 Å². The summed E-state index contributed by atoms with van der Waals surface area (Å²) in [7, 11) is 0. The first-order chi connectivity index (χ1) is 11.7. The van der Waals surface area contributed by atoms with Crippen LogP contribution in [0.15, 0.2) is 48.5 Å². The molecule has 24 heavy (non-hydrogen) atoms. The summed E-state index contributed by atoms with van der Waals surface area (Å²) in [5.41, 5.74) is 2.71. The van der Waals surface area contributed by atoms with Crippen molar-refractivity contribution in [3.8, 4) is 6.07 Å². The van der Waals surface area contributed by atoms with Gasteiger partial charge in [-0.3, -0.25) is 4.79 Å². The number of rotatable bonds is 4. The predicted molar refractivity (Wildman–Crippen MR) is 96.1 cm³/mol. The molecular formula is C21H20ClNO. The molecule has 0 N–H and O–H groups in total. The summed E-state index contributed by atoms with van der Waals surface area (Å²) < 4.78 is 0. The Labute approximate surface area is 148 Å². The van der Waals surface area contributed by atoms with Gasteiger partial charge in [0.15, 0.2) is 5.78 Å². The fraction of sp³-hybridized carbons (Fsp3) is 0.333. The lowest BCUT2D eigenvalue weighted by molar-refractivity contribution is 0.0872. The Morgan fingerprint density at radius 3 is 2.46 bits per heavy atom. The summed E-state index contributed by atoms with van der Waals surface area (Å²) in [5, 5.41) is 9.66. The summed E-state index contributed by atoms with van der Waals surface area (Å²) in [6.45, 7) is 0. The van der Waals surface area contributed by atoms with Gasteiger partial charge in [0.05, 0.1) is 11.6 Å². The summed E-state index contributed by atoms with van der Waals surface area (Å²) in [6, 6.07) is 17.3. The van der Waals surface area contributed by atoms with Crippen LogP contribution >= 0.6 is 11.6 Å². The van der Waals surface area contributed by atoms with Crippen LogP contribution in [-0.2, 0) is 6.42 Å². The normalized spacial score (nSPS) is 20.3. The van der Waals surface area contributed by atoms with Gasteiger partial charge in [-0.15, -0.1) is 0 Å². The second-order valence-electron chi connectivity index (χ2n) is 6.61. The Balaban J connectivity index is 1.56. The zero-order chi connectivity index (χ0) is 16.9. The molecular weight excluding hydrogens is 318 g/mol. The van der Waals surface area contributed by atoms with E-state index in [9.17, 15) is 4.79 Å². The van der Waals surface area contributed by atoms with E-state index in [0.29, 0.717) is 10.9 Å². The SMILES string of the molecule is N#Cc1cccc(CC2CCC(C(=O)c3ccc(Cl)cc3)CC2)c1. The monoisotopic (exact) mass is 337 g/mol. The zero-order valence-electron chi connectivity index (χ0n) is 13.5. The van der Waals surface area contributed by atoms with E-state index in [1.807, 2.05) is 30.3 Å². The minimum atomic E-state index is 0.132. The maximum atomic E-state index is 12.6. The predicted octanol–water partition coefficient (Wildman–Crippen LogP) is 5.44. The van der Waals surface area contributed by atoms with Gasteiger partial charge in [-0.2, -0.15) is 5.26 Å². The number of carbonyl (C=O) groups is 1. The van der Waals surface area contributed by atoms with Crippen molar-refractivity contribution in [1.29, 1.82) is 5.26 Å². The molecule has 0 amide bonds. The standard InChI is InChI=1S/C21H20ClNO/c22-20-10-8-19(9-11-20)21(24)18-6-4-15(5-7-18)12-16-2-1-3-17(13-16)14-23/h1-3,8-11,13,15,18H,4-7,12H2. The number of ketones is 1. The lowest BCUT2D eigenvalue weighted by Crippen LogP contribution is -2.23. The van der Waals surface area contributed by atoms with Crippen LogP contribution in [0.25, 0.3) is 0 Å². The lowest BCUT2D eigenvalue weighted by atomic mass is 9.76. The molecule has 3 rings (SSSR count). The van der Waals surface area contributed by atoms with Crippen molar-refractivity contribution in [2.45, 2.75) is 32.1 Å². The fourth-order valence-corrected chi connectivity index (χ4v) is 3.71. The molecule has 0 radical (unpaired) electrons. The van der Waals surface area contributed by atoms with Gasteiger partial charge in [0.1, 0.15) is 0 Å². The molecule has 1 saturated carbocycles. The molecule has 0 aliphatic heterocycles. The molecule has 2 aromatic rings. The van der Waals surface area contributed by atoms with E-state index in [1.54, 1.807) is 12.1 Å². The number of hydrogen-bond donors (Lipinski definition) is 0. The first-order valence-corrected chi connectivity index (χ1v) is 8.82. The highest BCUT2D eigenvalue weighted by Gasteiger charge is 2.27. The maximum absolute atomic E-state index is 12.6. The van der Waals surface area contributed by atoms with E-state index in [1.165, 1.54) is 5.56 Å². The molecule has 1 aliphatic rings. The molecule has 0 heterocycles. The molecule has 3 heteroatoms. The van der Waals surface area contributed by atoms with Crippen LogP contribution in [0.1, 0.15) is 47.2 Å². The third kappa shape index (κ3) is 4.04. The van der Waals surface area contributed by atoms with Crippen molar-refractivity contribution in [1.82, 2.24) is 0 Å². The van der Waals surface area contributed by atoms with Crippen molar-refractivity contribution >= 4 is 17.4 Å². The first kappa shape index (κ1) is 16.7. The molecule has 0 spiro atoms. The van der Waals surface area contributed by atoms with Crippen LogP contribution in [0.3, 0.4) is 0 Å². The Hall–Kier alpha value is -2.11. The third-order valence-corrected chi connectivity index (χ3v) is 5.18. The molecule has 0 atom stereocenters. The number of hydrogen-bond acceptors (Lipinski definition) is 2. The van der Waals surface area contributed by atoms with Crippen molar-refractivity contribution in [3.63, 3.8) is 0 Å². The average molecular weight is 338 g/mol. The summed E-state index contributed by atoms with van der Waals surface area (Å²) in [5.74, 6) is 0.984. The number of nitriles is 1. The fourth-order valence-electron chi connectivity index (χ4n) is 3.58. The van der Waals surface area contributed by atoms with Gasteiger partial charge < -0.3 is 0 Å². The molecule has 122 valence electrons. The van der Waals surface area contributed by atoms with Gasteiger partial charge in [-0.1, -0.05) is 23.7 Å². The van der Waals surface area contributed by atoms with Crippen LogP contribution in [0.2, 0.25) is 5.02 Å². The van der Waals surface area contributed by atoms with E-state index in [2.05, 4.69) is 12.1 Å². The summed E-state index contributed by atoms with van der Waals surface area (Å²) in [4.78, 5) is 12.6. The van der Waals surface area contributed by atoms with Crippen molar-refractivity contribution < 1.29 is 4.79 Å². The smallest absolute Gasteiger partial charge is 0.165 e. The molecule has 2 aromatic carbocycles. The number of halogens is 1. The van der Waals surface area contributed by atoms with Crippen LogP contribution in [0.4, 0.5) is 0 Å². The second kappa shape index (κ2) is 7.64. The van der Waals surface area contributed by atoms with Gasteiger partial charge in [0.2, 0.25) is 0 Å². The first-order valence-electron chi connectivity index (χ1n) is 8.44. The highest BCUT2D eigenvalue weighted by molar-refractivity contribution is 6.30. The topological polar surface area (TPSA) is 40.9 Å². The molecule has 1 fully saturated rings. The van der Waals surface area contributed by atoms with Crippen LogP contribution in [0, 0.1) is 23.2 Å². The Kier molecular flexibility index (Phi) is 5.33. The number of carbonyl (C=O) groups excluding carboxylic acids is 1. The summed E-state index contributed by atoms with van der Waals surface area (Å²) >= 11 is 5.89. The van der Waals surface area contributed by atoms with Gasteiger partial charge in [-0.25, -0.2) is 0 Å². The largest absolute Gasteiger partial charge is 0.294 e. The second-order valence-corrected chi connectivity index (χ2v) is 7.04. The molecule has 0 unspecified atom stereocenters. The Morgan fingerprint density at radius 2 is 1.79 bits per heavy atom. The highest BCUT2D eigenvalue weighted by atomic mass is 35.5. The van der Waals surface area contributed by atoms with Gasteiger partial charge in [-0.05, 0) is 80.0 Å². The summed E-state index contributed by atoms with van der Waals surface area (Å²) in [6.07, 6.45) is 5.03. The minimum absolute atomic E-state index is 0.132. The van der Waals surface area contributed by atoms with E-state index in [4.69, 9.17) is 16.9 Å². The van der Waals surface area contributed by atoms with Crippen molar-refractivity contribution in [2.24, 2.45) is 11.8 Å². The van der Waals surface area contributed by atoms with Crippen LogP contribution < -0.4 is 0 Å². The van der Waals surface area contributed by atoms with Crippen molar-refractivity contribution in [3.05, 3.63) is 70.2 Å². The number of benzene rings is 2. The average Bonchev–Trinajstić information content (AvgIpc) is 2.62. The van der Waals surface area contributed by atoms with E-state index < -0.39 is 0 Å². The third-order valence-electron chi connectivity index (χ3n) is 4.93. The Morgan fingerprint density at radius 1 is 1.08 bits per heavy atom. The lowest BCUT2D eigenvalue weighted by Gasteiger charge is -2.27. The number of nitrogens with zero attached hydrogens (tertiary/aromatic N) is 1. The van der Waals surface area contributed by atoms with Crippen LogP contribution in [-0.4, -0.2) is 5.78 Å². The molecule has 0 saturated heterocycles. The van der Waals surface area contributed by atoms with E-state index in [-0.39, 0.29) is 11.7 Å². The quantitative estimate of drug-likeness (QED) is 0.696. The molecule has 1 aliphatic carbocycles.